The van der Waals surface area contributed by atoms with Crippen LogP contribution in [0.3, 0.4) is 0 Å². The van der Waals surface area contributed by atoms with Gasteiger partial charge in [-0.15, -0.1) is 10.2 Å². The van der Waals surface area contributed by atoms with E-state index in [1.165, 1.54) is 27.6 Å². The third-order valence-electron chi connectivity index (χ3n) is 5.22. The second-order valence-electron chi connectivity index (χ2n) is 7.48. The van der Waals surface area contributed by atoms with Crippen molar-refractivity contribution in [3.63, 3.8) is 0 Å². The molecule has 1 fully saturated rings. The second kappa shape index (κ2) is 9.30. The molecule has 166 valence electrons. The van der Waals surface area contributed by atoms with Crippen molar-refractivity contribution in [3.05, 3.63) is 56.4 Å². The predicted octanol–water partition coefficient (Wildman–Crippen LogP) is 4.10. The number of nitrogens with zero attached hydrogens (tertiary/aromatic N) is 6. The molecule has 1 saturated heterocycles. The van der Waals surface area contributed by atoms with E-state index in [0.29, 0.717) is 28.0 Å². The molecule has 4 heterocycles. The van der Waals surface area contributed by atoms with E-state index in [0.717, 1.165) is 47.4 Å². The molecule has 32 heavy (non-hydrogen) atoms. The van der Waals surface area contributed by atoms with E-state index >= 15 is 0 Å². The quantitative estimate of drug-likeness (QED) is 0.362. The molecule has 0 unspecified atom stereocenters. The van der Waals surface area contributed by atoms with Gasteiger partial charge in [-0.3, -0.25) is 9.36 Å². The SMILES string of the molecule is CCc1nn2c(=O)cc(CSc3nnc(-c4ccc(Cl)cc4)n3C[C@H]3CCCO3)nc2s1. The fourth-order valence-electron chi connectivity index (χ4n) is 3.62. The van der Waals surface area contributed by atoms with E-state index < -0.39 is 0 Å². The highest BCUT2D eigenvalue weighted by Gasteiger charge is 2.22. The number of benzene rings is 1. The Morgan fingerprint density at radius 2 is 2.12 bits per heavy atom. The van der Waals surface area contributed by atoms with Crippen LogP contribution in [0, 0.1) is 0 Å². The van der Waals surface area contributed by atoms with Crippen molar-refractivity contribution in [2.75, 3.05) is 6.61 Å². The van der Waals surface area contributed by atoms with Gasteiger partial charge in [0.05, 0.1) is 18.3 Å². The molecule has 0 saturated carbocycles. The van der Waals surface area contributed by atoms with Crippen LogP contribution in [0.4, 0.5) is 0 Å². The highest BCUT2D eigenvalue weighted by Crippen LogP contribution is 2.29. The average molecular weight is 489 g/mol. The van der Waals surface area contributed by atoms with Gasteiger partial charge < -0.3 is 4.74 Å². The van der Waals surface area contributed by atoms with Crippen LogP contribution >= 0.6 is 34.7 Å². The maximum Gasteiger partial charge on any atom is 0.275 e. The van der Waals surface area contributed by atoms with Gasteiger partial charge in [-0.05, 0) is 43.5 Å². The molecule has 1 atom stereocenters. The number of aromatic nitrogens is 6. The Hall–Kier alpha value is -2.27. The molecule has 0 N–H and O–H groups in total. The first-order valence-electron chi connectivity index (χ1n) is 10.4. The zero-order valence-corrected chi connectivity index (χ0v) is 19.8. The number of hydrogen-bond acceptors (Lipinski definition) is 8. The number of fused-ring (bicyclic) bond motifs is 1. The first kappa shape index (κ1) is 21.6. The maximum absolute atomic E-state index is 12.5. The van der Waals surface area contributed by atoms with Crippen molar-refractivity contribution in [2.24, 2.45) is 0 Å². The van der Waals surface area contributed by atoms with E-state index in [1.807, 2.05) is 31.2 Å². The summed E-state index contributed by atoms with van der Waals surface area (Å²) in [7, 11) is 0. The Labute approximate surface area is 197 Å². The summed E-state index contributed by atoms with van der Waals surface area (Å²) in [6.07, 6.45) is 2.99. The van der Waals surface area contributed by atoms with Gasteiger partial charge in [0.25, 0.3) is 5.56 Å². The summed E-state index contributed by atoms with van der Waals surface area (Å²) in [6, 6.07) is 9.12. The molecule has 4 aromatic rings. The van der Waals surface area contributed by atoms with Gasteiger partial charge in [-0.25, -0.2) is 4.98 Å². The van der Waals surface area contributed by atoms with E-state index in [4.69, 9.17) is 16.3 Å². The maximum atomic E-state index is 12.5. The first-order valence-corrected chi connectivity index (χ1v) is 12.6. The van der Waals surface area contributed by atoms with Crippen molar-refractivity contribution in [1.29, 1.82) is 0 Å². The smallest absolute Gasteiger partial charge is 0.275 e. The molecule has 0 spiro atoms. The topological polar surface area (TPSA) is 87.2 Å². The minimum absolute atomic E-state index is 0.139. The minimum atomic E-state index is -0.163. The number of hydrogen-bond donors (Lipinski definition) is 0. The molecule has 1 aliphatic heterocycles. The van der Waals surface area contributed by atoms with Crippen LogP contribution in [0.5, 0.6) is 0 Å². The highest BCUT2D eigenvalue weighted by atomic mass is 35.5. The van der Waals surface area contributed by atoms with Gasteiger partial charge in [0, 0.05) is 29.0 Å². The molecule has 1 aliphatic rings. The Kier molecular flexibility index (Phi) is 6.27. The van der Waals surface area contributed by atoms with Crippen LogP contribution in [0.15, 0.2) is 40.3 Å². The number of halogens is 1. The van der Waals surface area contributed by atoms with E-state index in [9.17, 15) is 4.79 Å². The third kappa shape index (κ3) is 4.45. The lowest BCUT2D eigenvalue weighted by Crippen LogP contribution is -2.17. The van der Waals surface area contributed by atoms with Crippen molar-refractivity contribution in [1.82, 2.24) is 29.4 Å². The number of rotatable bonds is 7. The fourth-order valence-corrected chi connectivity index (χ4v) is 5.44. The molecule has 0 radical (unpaired) electrons. The zero-order chi connectivity index (χ0) is 22.1. The van der Waals surface area contributed by atoms with Crippen LogP contribution in [-0.4, -0.2) is 42.1 Å². The summed E-state index contributed by atoms with van der Waals surface area (Å²) < 4.78 is 9.33. The van der Waals surface area contributed by atoms with E-state index in [-0.39, 0.29) is 11.7 Å². The highest BCUT2D eigenvalue weighted by molar-refractivity contribution is 7.98. The lowest BCUT2D eigenvalue weighted by Gasteiger charge is -2.14. The van der Waals surface area contributed by atoms with Gasteiger partial charge in [-0.1, -0.05) is 41.6 Å². The second-order valence-corrected chi connectivity index (χ2v) is 9.90. The number of aryl methyl sites for hydroxylation is 1. The minimum Gasteiger partial charge on any atom is -0.376 e. The van der Waals surface area contributed by atoms with Crippen molar-refractivity contribution >= 4 is 39.7 Å². The molecule has 3 aromatic heterocycles. The summed E-state index contributed by atoms with van der Waals surface area (Å²) >= 11 is 9.02. The Bertz CT molecular complexity index is 1290. The lowest BCUT2D eigenvalue weighted by molar-refractivity contribution is 0.0953. The standard InChI is InChI=1S/C21H21ClN6O2S2/c1-2-17-26-28-18(29)10-15(23-20(28)32-17)12-31-21-25-24-19(13-5-7-14(22)8-6-13)27(21)11-16-4-3-9-30-16/h5-8,10,16H,2-4,9,11-12H2,1H3/t16-/m1/s1. The van der Waals surface area contributed by atoms with Crippen LogP contribution in [0.2, 0.25) is 5.02 Å². The number of thioether (sulfide) groups is 1. The fraction of sp³-hybridized carbons (Fsp3) is 0.381. The largest absolute Gasteiger partial charge is 0.376 e. The van der Waals surface area contributed by atoms with E-state index in [2.05, 4.69) is 24.8 Å². The van der Waals surface area contributed by atoms with E-state index in [1.54, 1.807) is 6.07 Å². The van der Waals surface area contributed by atoms with Gasteiger partial charge in [-0.2, -0.15) is 9.61 Å². The molecule has 11 heteroatoms. The summed E-state index contributed by atoms with van der Waals surface area (Å²) in [5.41, 5.74) is 1.48. The Morgan fingerprint density at radius 3 is 2.88 bits per heavy atom. The van der Waals surface area contributed by atoms with Crippen molar-refractivity contribution in [3.8, 4) is 11.4 Å². The Morgan fingerprint density at radius 1 is 1.28 bits per heavy atom. The summed E-state index contributed by atoms with van der Waals surface area (Å²) in [6.45, 7) is 3.48. The average Bonchev–Trinajstić information content (AvgIpc) is 3.53. The van der Waals surface area contributed by atoms with Crippen LogP contribution in [-0.2, 0) is 23.5 Å². The summed E-state index contributed by atoms with van der Waals surface area (Å²) in [4.78, 5) is 17.7. The molecule has 1 aromatic carbocycles. The molecule has 8 nitrogen and oxygen atoms in total. The Balaban J connectivity index is 1.43. The van der Waals surface area contributed by atoms with Gasteiger partial charge in [0.15, 0.2) is 11.0 Å². The summed E-state index contributed by atoms with van der Waals surface area (Å²) in [5, 5.41) is 15.5. The monoisotopic (exact) mass is 488 g/mol. The first-order chi connectivity index (χ1) is 15.6. The van der Waals surface area contributed by atoms with Crippen LogP contribution in [0.25, 0.3) is 16.3 Å². The van der Waals surface area contributed by atoms with Gasteiger partial charge >= 0.3 is 0 Å². The molecule has 0 aliphatic carbocycles. The molecular formula is C21H21ClN6O2S2. The predicted molar refractivity (Wildman–Crippen MR) is 126 cm³/mol. The molecule has 5 rings (SSSR count). The molecular weight excluding hydrogens is 468 g/mol. The number of ether oxygens (including phenoxy) is 1. The van der Waals surface area contributed by atoms with Crippen molar-refractivity contribution in [2.45, 2.75) is 49.7 Å². The normalized spacial score (nSPS) is 16.2. The molecule has 0 bridgehead atoms. The zero-order valence-electron chi connectivity index (χ0n) is 17.4. The summed E-state index contributed by atoms with van der Waals surface area (Å²) in [5.74, 6) is 1.29. The third-order valence-corrected chi connectivity index (χ3v) is 7.53. The van der Waals surface area contributed by atoms with Gasteiger partial charge in [0.1, 0.15) is 5.01 Å². The van der Waals surface area contributed by atoms with Gasteiger partial charge in [0.2, 0.25) is 4.96 Å². The van der Waals surface area contributed by atoms with Crippen LogP contribution in [0.1, 0.15) is 30.5 Å². The molecule has 0 amide bonds. The lowest BCUT2D eigenvalue weighted by atomic mass is 10.2. The van der Waals surface area contributed by atoms with Crippen LogP contribution < -0.4 is 5.56 Å². The van der Waals surface area contributed by atoms with Crippen molar-refractivity contribution < 1.29 is 4.74 Å².